The molecule has 2 aliphatic rings. The van der Waals surface area contributed by atoms with Gasteiger partial charge in [0.2, 0.25) is 0 Å². The van der Waals surface area contributed by atoms with Crippen LogP contribution in [-0.4, -0.2) is 53.8 Å². The Balaban J connectivity index is 1.43. The summed E-state index contributed by atoms with van der Waals surface area (Å²) >= 11 is 0. The fraction of sp³-hybridized carbons (Fsp3) is 0.577. The Morgan fingerprint density at radius 2 is 1.83 bits per heavy atom. The lowest BCUT2D eigenvalue weighted by molar-refractivity contribution is 0.102. The van der Waals surface area contributed by atoms with Crippen molar-refractivity contribution < 1.29 is 18.3 Å². The van der Waals surface area contributed by atoms with Gasteiger partial charge in [0, 0.05) is 24.3 Å². The Bertz CT molecular complexity index is 1100. The van der Waals surface area contributed by atoms with Gasteiger partial charge in [-0.05, 0) is 68.7 Å². The average molecular weight is 501 g/mol. The first-order valence-corrected chi connectivity index (χ1v) is 14.4. The highest BCUT2D eigenvalue weighted by Gasteiger charge is 2.30. The first kappa shape index (κ1) is 25.6. The van der Waals surface area contributed by atoms with E-state index in [1.807, 2.05) is 6.92 Å². The molecule has 0 saturated heterocycles. The fourth-order valence-corrected chi connectivity index (χ4v) is 5.95. The van der Waals surface area contributed by atoms with E-state index in [-0.39, 0.29) is 28.7 Å². The Morgan fingerprint density at radius 1 is 1.11 bits per heavy atom. The lowest BCUT2D eigenvalue weighted by Gasteiger charge is -2.35. The number of carbonyl (C=O) groups is 1. The number of nitrogens with one attached hydrogen (secondary N) is 1. The molecule has 2 saturated carbocycles. The molecule has 0 radical (unpaired) electrons. The van der Waals surface area contributed by atoms with E-state index in [0.717, 1.165) is 25.2 Å². The molecule has 1 unspecified atom stereocenters. The van der Waals surface area contributed by atoms with Crippen LogP contribution in [0.4, 0.5) is 11.5 Å². The third kappa shape index (κ3) is 7.01. The molecule has 2 aliphatic carbocycles. The van der Waals surface area contributed by atoms with E-state index in [2.05, 4.69) is 20.2 Å². The van der Waals surface area contributed by atoms with Crippen molar-refractivity contribution >= 4 is 27.2 Å². The van der Waals surface area contributed by atoms with Gasteiger partial charge in [0.15, 0.2) is 9.84 Å². The number of carbonyl (C=O) groups excluding carboxylic acids is 1. The summed E-state index contributed by atoms with van der Waals surface area (Å²) in [4.78, 5) is 24.2. The second-order valence-electron chi connectivity index (χ2n) is 9.80. The topological polar surface area (TPSA) is 112 Å². The standard InChI is InChI=1S/C26H36N4O4S/c1-2-22(31)14-15-35(33,34)23-12-10-20(11-13-23)29-26(32)24-16-25(28-18-27-24)30(17-19-8-9-19)21-6-4-3-5-7-21/h10-13,16,18-19,21-22,31H,2-9,14-15,17H2,1H3,(H,29,32). The van der Waals surface area contributed by atoms with Crippen LogP contribution in [0, 0.1) is 5.92 Å². The molecule has 0 aliphatic heterocycles. The van der Waals surface area contributed by atoms with Gasteiger partial charge in [-0.1, -0.05) is 26.2 Å². The molecule has 1 aromatic carbocycles. The SMILES string of the molecule is CCC(O)CCS(=O)(=O)c1ccc(NC(=O)c2cc(N(CC3CC3)C3CCCCC3)ncn2)cc1. The van der Waals surface area contributed by atoms with Gasteiger partial charge >= 0.3 is 0 Å². The number of amides is 1. The van der Waals surface area contributed by atoms with Crippen molar-refractivity contribution in [2.24, 2.45) is 5.92 Å². The van der Waals surface area contributed by atoms with Crippen molar-refractivity contribution in [2.45, 2.75) is 81.8 Å². The number of aliphatic hydroxyl groups is 1. The normalized spacial score (nSPS) is 17.7. The molecule has 1 heterocycles. The summed E-state index contributed by atoms with van der Waals surface area (Å²) in [5.41, 5.74) is 0.779. The van der Waals surface area contributed by atoms with E-state index in [9.17, 15) is 18.3 Å². The third-order valence-electron chi connectivity index (χ3n) is 7.01. The van der Waals surface area contributed by atoms with Crippen LogP contribution in [-0.2, 0) is 9.84 Å². The number of anilines is 2. The summed E-state index contributed by atoms with van der Waals surface area (Å²) < 4.78 is 25.0. The van der Waals surface area contributed by atoms with Crippen molar-refractivity contribution in [3.8, 4) is 0 Å². The van der Waals surface area contributed by atoms with Crippen molar-refractivity contribution in [1.82, 2.24) is 9.97 Å². The smallest absolute Gasteiger partial charge is 0.274 e. The second kappa shape index (κ2) is 11.5. The molecule has 8 nitrogen and oxygen atoms in total. The number of hydrogen-bond acceptors (Lipinski definition) is 7. The van der Waals surface area contributed by atoms with E-state index < -0.39 is 15.9 Å². The maximum absolute atomic E-state index is 12.9. The number of benzene rings is 1. The van der Waals surface area contributed by atoms with E-state index in [0.29, 0.717) is 24.1 Å². The summed E-state index contributed by atoms with van der Waals surface area (Å²) in [5, 5.41) is 12.5. The minimum absolute atomic E-state index is 0.115. The minimum Gasteiger partial charge on any atom is -0.393 e. The molecule has 1 amide bonds. The highest BCUT2D eigenvalue weighted by molar-refractivity contribution is 7.91. The molecular weight excluding hydrogens is 464 g/mol. The average Bonchev–Trinajstić information content (AvgIpc) is 3.71. The van der Waals surface area contributed by atoms with Crippen molar-refractivity contribution in [2.75, 3.05) is 22.5 Å². The van der Waals surface area contributed by atoms with E-state index in [1.165, 1.54) is 50.6 Å². The highest BCUT2D eigenvalue weighted by atomic mass is 32.2. The maximum Gasteiger partial charge on any atom is 0.274 e. The van der Waals surface area contributed by atoms with E-state index in [4.69, 9.17) is 0 Å². The third-order valence-corrected chi connectivity index (χ3v) is 8.77. The quantitative estimate of drug-likeness (QED) is 0.475. The zero-order valence-electron chi connectivity index (χ0n) is 20.4. The van der Waals surface area contributed by atoms with Gasteiger partial charge in [0.05, 0.1) is 16.8 Å². The predicted molar refractivity (Wildman–Crippen MR) is 136 cm³/mol. The van der Waals surface area contributed by atoms with Crippen LogP contribution in [0.2, 0.25) is 0 Å². The first-order chi connectivity index (χ1) is 16.9. The van der Waals surface area contributed by atoms with Gasteiger partial charge < -0.3 is 15.3 Å². The summed E-state index contributed by atoms with van der Waals surface area (Å²) in [6.45, 7) is 2.80. The molecule has 1 aromatic heterocycles. The van der Waals surface area contributed by atoms with Gasteiger partial charge in [-0.3, -0.25) is 4.79 Å². The van der Waals surface area contributed by atoms with Gasteiger partial charge in [0.25, 0.3) is 5.91 Å². The number of nitrogens with zero attached hydrogens (tertiary/aromatic N) is 3. The van der Waals surface area contributed by atoms with Gasteiger partial charge in [-0.25, -0.2) is 18.4 Å². The largest absolute Gasteiger partial charge is 0.393 e. The number of aliphatic hydroxyl groups excluding tert-OH is 1. The van der Waals surface area contributed by atoms with Gasteiger partial charge in [-0.2, -0.15) is 0 Å². The van der Waals surface area contributed by atoms with Crippen LogP contribution in [0.5, 0.6) is 0 Å². The predicted octanol–water partition coefficient (Wildman–Crippen LogP) is 4.21. The Hall–Kier alpha value is -2.52. The molecule has 0 bridgehead atoms. The van der Waals surface area contributed by atoms with Gasteiger partial charge in [0.1, 0.15) is 17.8 Å². The van der Waals surface area contributed by atoms with Crippen LogP contribution < -0.4 is 10.2 Å². The molecule has 35 heavy (non-hydrogen) atoms. The number of rotatable bonds is 11. The van der Waals surface area contributed by atoms with Crippen LogP contribution in [0.25, 0.3) is 0 Å². The first-order valence-electron chi connectivity index (χ1n) is 12.8. The lowest BCUT2D eigenvalue weighted by Crippen LogP contribution is -2.39. The monoisotopic (exact) mass is 500 g/mol. The lowest BCUT2D eigenvalue weighted by atomic mass is 9.94. The number of aromatic nitrogens is 2. The van der Waals surface area contributed by atoms with Crippen LogP contribution >= 0.6 is 0 Å². The van der Waals surface area contributed by atoms with Crippen LogP contribution in [0.15, 0.2) is 41.6 Å². The van der Waals surface area contributed by atoms with Crippen molar-refractivity contribution in [1.29, 1.82) is 0 Å². The molecule has 1 atom stereocenters. The van der Waals surface area contributed by atoms with Crippen molar-refractivity contribution in [3.63, 3.8) is 0 Å². The second-order valence-corrected chi connectivity index (χ2v) is 11.9. The zero-order valence-corrected chi connectivity index (χ0v) is 21.2. The van der Waals surface area contributed by atoms with Crippen LogP contribution in [0.1, 0.15) is 75.2 Å². The Morgan fingerprint density at radius 3 is 2.49 bits per heavy atom. The summed E-state index contributed by atoms with van der Waals surface area (Å²) in [6.07, 6.45) is 10.1. The summed E-state index contributed by atoms with van der Waals surface area (Å²) in [6, 6.07) is 8.34. The molecule has 2 fully saturated rings. The molecule has 0 spiro atoms. The zero-order chi connectivity index (χ0) is 24.8. The Labute approximate surface area is 208 Å². The maximum atomic E-state index is 12.9. The minimum atomic E-state index is -3.49. The number of hydrogen-bond donors (Lipinski definition) is 2. The fourth-order valence-electron chi connectivity index (χ4n) is 4.58. The number of sulfone groups is 1. The summed E-state index contributed by atoms with van der Waals surface area (Å²) in [7, 11) is -3.49. The molecule has 190 valence electrons. The molecular formula is C26H36N4O4S. The van der Waals surface area contributed by atoms with E-state index in [1.54, 1.807) is 18.2 Å². The Kier molecular flexibility index (Phi) is 8.38. The van der Waals surface area contributed by atoms with Gasteiger partial charge in [-0.15, -0.1) is 0 Å². The molecule has 9 heteroatoms. The highest BCUT2D eigenvalue weighted by Crippen LogP contribution is 2.34. The van der Waals surface area contributed by atoms with Crippen molar-refractivity contribution in [3.05, 3.63) is 42.4 Å². The van der Waals surface area contributed by atoms with Crippen LogP contribution in [0.3, 0.4) is 0 Å². The molecule has 2 N–H and O–H groups in total. The summed E-state index contributed by atoms with van der Waals surface area (Å²) in [5.74, 6) is 1.05. The molecule has 2 aromatic rings. The molecule has 4 rings (SSSR count). The van der Waals surface area contributed by atoms with E-state index >= 15 is 0 Å².